The number of hydrogen-bond donors (Lipinski definition) is 0. The molecule has 8 heteroatoms. The molecule has 3 aromatic rings. The molecule has 3 aromatic carbocycles. The summed E-state index contributed by atoms with van der Waals surface area (Å²) in [6, 6.07) is 25.7. The summed E-state index contributed by atoms with van der Waals surface area (Å²) in [5.74, 6) is -1.16. The summed E-state index contributed by atoms with van der Waals surface area (Å²) >= 11 is 6.70. The number of imide groups is 1. The zero-order valence-corrected chi connectivity index (χ0v) is 20.6. The van der Waals surface area contributed by atoms with E-state index in [0.29, 0.717) is 21.2 Å². The van der Waals surface area contributed by atoms with Crippen molar-refractivity contribution in [1.29, 1.82) is 0 Å². The second kappa shape index (κ2) is 9.52. The van der Waals surface area contributed by atoms with Crippen LogP contribution in [-0.2, 0) is 19.9 Å². The molecule has 7 nitrogen and oxygen atoms in total. The van der Waals surface area contributed by atoms with Gasteiger partial charge in [-0.2, -0.15) is 0 Å². The van der Waals surface area contributed by atoms with E-state index >= 15 is 0 Å². The van der Waals surface area contributed by atoms with Crippen LogP contribution in [0, 0.1) is 0 Å². The fraction of sp³-hybridized carbons (Fsp3) is 0.222. The quantitative estimate of drug-likeness (QED) is 0.213. The van der Waals surface area contributed by atoms with Crippen molar-refractivity contribution < 1.29 is 23.6 Å². The predicted octanol–water partition coefficient (Wildman–Crippen LogP) is 4.30. The van der Waals surface area contributed by atoms with E-state index in [4.69, 9.17) is 16.5 Å². The Balaban J connectivity index is 1.86. The van der Waals surface area contributed by atoms with E-state index < -0.39 is 29.7 Å². The Morgan fingerprint density at radius 2 is 1.31 bits per heavy atom. The number of benzene rings is 3. The number of urea groups is 1. The molecule has 0 aliphatic carbocycles. The lowest BCUT2D eigenvalue weighted by Crippen LogP contribution is -2.45. The molecule has 0 aromatic heterocycles. The van der Waals surface area contributed by atoms with Crippen LogP contribution in [0.3, 0.4) is 0 Å². The first-order valence-electron chi connectivity index (χ1n) is 11.2. The lowest BCUT2D eigenvalue weighted by atomic mass is 9.82. The van der Waals surface area contributed by atoms with Crippen molar-refractivity contribution in [2.75, 3.05) is 27.7 Å². The summed E-state index contributed by atoms with van der Waals surface area (Å²) in [6.45, 7) is 0.0483. The molecular weight excluding hydrogens is 466 g/mol. The molecule has 0 spiro atoms. The topological polar surface area (TPSA) is 66.9 Å². The van der Waals surface area contributed by atoms with Crippen LogP contribution in [-0.4, -0.2) is 59.4 Å². The predicted molar refractivity (Wildman–Crippen MR) is 132 cm³/mol. The minimum atomic E-state index is -1.64. The maximum atomic E-state index is 14.3. The summed E-state index contributed by atoms with van der Waals surface area (Å²) in [6.07, 6.45) is -1.29. The molecule has 1 aliphatic rings. The molecule has 3 amide bonds. The van der Waals surface area contributed by atoms with Crippen molar-refractivity contribution in [2.24, 2.45) is 0 Å². The Morgan fingerprint density at radius 1 is 0.857 bits per heavy atom. The van der Waals surface area contributed by atoms with Gasteiger partial charge in [0.2, 0.25) is 6.23 Å². The number of likely N-dealkylation sites (N-methyl/N-ethyl adjacent to an activating group) is 1. The van der Waals surface area contributed by atoms with Crippen LogP contribution in [0.5, 0.6) is 0 Å². The van der Waals surface area contributed by atoms with Crippen LogP contribution in [0.4, 0.5) is 4.79 Å². The van der Waals surface area contributed by atoms with Gasteiger partial charge in [-0.1, -0.05) is 91.0 Å². The highest BCUT2D eigenvalue weighted by Gasteiger charge is 2.62. The molecule has 1 unspecified atom stereocenters. The Kier molecular flexibility index (Phi) is 6.65. The first-order chi connectivity index (χ1) is 16.7. The summed E-state index contributed by atoms with van der Waals surface area (Å²) in [5.41, 5.74) is -0.121. The highest BCUT2D eigenvalue weighted by Crippen LogP contribution is 2.47. The first-order valence-corrected chi connectivity index (χ1v) is 11.5. The minimum absolute atomic E-state index is 0.0483. The van der Waals surface area contributed by atoms with E-state index in [-0.39, 0.29) is 6.54 Å². The number of ether oxygens (including phenoxy) is 1. The molecule has 1 saturated heterocycles. The number of halogens is 1. The molecular formula is C27H27ClN3O4+. The van der Waals surface area contributed by atoms with Gasteiger partial charge in [-0.3, -0.25) is 4.79 Å². The van der Waals surface area contributed by atoms with Gasteiger partial charge < -0.3 is 9.22 Å². The van der Waals surface area contributed by atoms with Gasteiger partial charge in [0.1, 0.15) is 0 Å². The van der Waals surface area contributed by atoms with E-state index in [9.17, 15) is 14.4 Å². The van der Waals surface area contributed by atoms with Gasteiger partial charge in [-0.25, -0.2) is 18.9 Å². The molecule has 1 atom stereocenters. The van der Waals surface area contributed by atoms with Crippen LogP contribution in [0.2, 0.25) is 0 Å². The van der Waals surface area contributed by atoms with E-state index in [1.54, 1.807) is 78.9 Å². The number of carbonyl (C=O) groups is 3. The summed E-state index contributed by atoms with van der Waals surface area (Å²) in [5, 5.41) is 0. The van der Waals surface area contributed by atoms with Crippen LogP contribution in [0.1, 0.15) is 22.9 Å². The molecule has 0 saturated carbocycles. The normalized spacial score (nSPS) is 16.3. The number of rotatable bonds is 7. The Hall–Kier alpha value is -3.68. The maximum Gasteiger partial charge on any atom is 0.363 e. The Bertz CT molecular complexity index is 1170. The van der Waals surface area contributed by atoms with Crippen molar-refractivity contribution in [1.82, 2.24) is 9.32 Å². The second-order valence-corrected chi connectivity index (χ2v) is 9.72. The van der Waals surface area contributed by atoms with E-state index in [0.717, 1.165) is 9.32 Å². The Morgan fingerprint density at radius 3 is 1.77 bits per heavy atom. The largest absolute Gasteiger partial charge is 0.432 e. The number of carbonyl (C=O) groups excluding carboxylic acids is 3. The zero-order valence-electron chi connectivity index (χ0n) is 19.8. The van der Waals surface area contributed by atoms with Gasteiger partial charge in [-0.05, 0) is 11.1 Å². The third kappa shape index (κ3) is 4.52. The summed E-state index contributed by atoms with van der Waals surface area (Å²) in [4.78, 5) is 41.8. The summed E-state index contributed by atoms with van der Waals surface area (Å²) < 4.78 is 7.02. The number of esters is 1. The van der Waals surface area contributed by atoms with Gasteiger partial charge in [0.25, 0.3) is 5.91 Å². The molecule has 0 N–H and O–H groups in total. The van der Waals surface area contributed by atoms with Gasteiger partial charge >= 0.3 is 12.0 Å². The van der Waals surface area contributed by atoms with E-state index in [2.05, 4.69) is 0 Å². The number of amides is 3. The van der Waals surface area contributed by atoms with Crippen LogP contribution in [0.15, 0.2) is 91.0 Å². The monoisotopic (exact) mass is 492 g/mol. The van der Waals surface area contributed by atoms with Crippen LogP contribution >= 0.6 is 11.8 Å². The molecule has 0 bridgehead atoms. The average Bonchev–Trinajstić information content (AvgIpc) is 3.04. The SMILES string of the molecule is C[N+](C)(C)CC(=O)OC(c1ccccc1)N1C(=O)N(Cl)C(c2ccccc2)(c2ccccc2)C1=O. The molecule has 1 heterocycles. The lowest BCUT2D eigenvalue weighted by Gasteiger charge is -2.32. The van der Waals surface area contributed by atoms with Crippen LogP contribution < -0.4 is 0 Å². The maximum absolute atomic E-state index is 14.3. The minimum Gasteiger partial charge on any atom is -0.432 e. The highest BCUT2D eigenvalue weighted by molar-refractivity contribution is 6.29. The van der Waals surface area contributed by atoms with Gasteiger partial charge in [0.15, 0.2) is 12.1 Å². The van der Waals surface area contributed by atoms with Gasteiger partial charge in [0, 0.05) is 17.3 Å². The first kappa shape index (κ1) is 24.4. The molecule has 35 heavy (non-hydrogen) atoms. The fourth-order valence-corrected chi connectivity index (χ4v) is 4.57. The van der Waals surface area contributed by atoms with Crippen molar-refractivity contribution in [2.45, 2.75) is 11.8 Å². The summed E-state index contributed by atoms with van der Waals surface area (Å²) in [7, 11) is 5.55. The van der Waals surface area contributed by atoms with Crippen molar-refractivity contribution >= 4 is 29.7 Å². The second-order valence-electron chi connectivity index (χ2n) is 9.38. The van der Waals surface area contributed by atoms with Gasteiger partial charge in [-0.15, -0.1) is 0 Å². The third-order valence-corrected chi connectivity index (χ3v) is 6.14. The molecule has 180 valence electrons. The molecule has 0 radical (unpaired) electrons. The standard InChI is InChI=1S/C27H27ClN3O4/c1-31(2,3)19-23(32)35-24(20-13-7-4-8-14-20)29-25(33)27(30(28)26(29)34,21-15-9-5-10-16-21)22-17-11-6-12-18-22/h4-18,24H,19H2,1-3H3/q+1. The van der Waals surface area contributed by atoms with Crippen molar-refractivity contribution in [3.05, 3.63) is 108 Å². The fourth-order valence-electron chi connectivity index (χ4n) is 4.23. The zero-order chi connectivity index (χ0) is 25.2. The highest BCUT2D eigenvalue weighted by atomic mass is 35.5. The number of hydrogen-bond acceptors (Lipinski definition) is 4. The lowest BCUT2D eigenvalue weighted by molar-refractivity contribution is -0.862. The molecule has 4 rings (SSSR count). The van der Waals surface area contributed by atoms with Gasteiger partial charge in [0.05, 0.1) is 21.1 Å². The van der Waals surface area contributed by atoms with Crippen molar-refractivity contribution in [3.8, 4) is 0 Å². The van der Waals surface area contributed by atoms with E-state index in [1.807, 2.05) is 33.3 Å². The Labute approximate surface area is 209 Å². The molecule has 1 aliphatic heterocycles. The van der Waals surface area contributed by atoms with Crippen molar-refractivity contribution in [3.63, 3.8) is 0 Å². The smallest absolute Gasteiger partial charge is 0.363 e. The van der Waals surface area contributed by atoms with E-state index in [1.165, 1.54) is 0 Å². The van der Waals surface area contributed by atoms with Crippen LogP contribution in [0.25, 0.3) is 0 Å². The number of quaternary nitrogens is 1. The average molecular weight is 493 g/mol. The number of nitrogens with zero attached hydrogens (tertiary/aromatic N) is 3. The molecule has 1 fully saturated rings. The third-order valence-electron chi connectivity index (χ3n) is 5.75.